The average molecular weight is 313 g/mol. The van der Waals surface area contributed by atoms with Gasteiger partial charge in [0.1, 0.15) is 0 Å². The zero-order valence-corrected chi connectivity index (χ0v) is 11.5. The molecule has 0 rings (SSSR count). The van der Waals surface area contributed by atoms with Gasteiger partial charge in [-0.3, -0.25) is 0 Å². The number of carbonyl (C=O) groups is 1. The second kappa shape index (κ2) is 11.3. The van der Waals surface area contributed by atoms with Crippen molar-refractivity contribution < 1.29 is 30.7 Å². The van der Waals surface area contributed by atoms with E-state index < -0.39 is 0 Å². The molecular formula is C11H22IO2-. The number of alkyl halides is 2. The number of esters is 1. The summed E-state index contributed by atoms with van der Waals surface area (Å²) in [6, 6.07) is 0. The SMILES string of the molecule is CCCCCCCOC(=O)CC[I-]C. The Hall–Kier alpha value is 0.200. The molecule has 0 aromatic carbocycles. The molecule has 0 unspecified atom stereocenters. The predicted molar refractivity (Wildman–Crippen MR) is 55.1 cm³/mol. The van der Waals surface area contributed by atoms with Crippen LogP contribution < -0.4 is 21.2 Å². The zero-order chi connectivity index (χ0) is 10.6. The summed E-state index contributed by atoms with van der Waals surface area (Å²) < 4.78 is 6.17. The van der Waals surface area contributed by atoms with Crippen LogP contribution in [0.1, 0.15) is 45.4 Å². The summed E-state index contributed by atoms with van der Waals surface area (Å²) in [5.41, 5.74) is 0. The Balaban J connectivity index is 3.07. The third-order valence-electron chi connectivity index (χ3n) is 2.00. The summed E-state index contributed by atoms with van der Waals surface area (Å²) in [7, 11) is 0. The van der Waals surface area contributed by atoms with E-state index in [4.69, 9.17) is 4.74 Å². The van der Waals surface area contributed by atoms with Gasteiger partial charge < -0.3 is 0 Å². The Morgan fingerprint density at radius 3 is 2.57 bits per heavy atom. The van der Waals surface area contributed by atoms with Crippen molar-refractivity contribution in [3.05, 3.63) is 0 Å². The van der Waals surface area contributed by atoms with Gasteiger partial charge in [-0.25, -0.2) is 0 Å². The molecule has 0 aliphatic heterocycles. The van der Waals surface area contributed by atoms with E-state index in [2.05, 4.69) is 11.9 Å². The van der Waals surface area contributed by atoms with Gasteiger partial charge in [0.05, 0.1) is 0 Å². The van der Waals surface area contributed by atoms with Gasteiger partial charge in [-0.1, -0.05) is 0 Å². The van der Waals surface area contributed by atoms with E-state index in [0.717, 1.165) is 10.8 Å². The number of ether oxygens (including phenoxy) is 1. The van der Waals surface area contributed by atoms with E-state index >= 15 is 0 Å². The summed E-state index contributed by atoms with van der Waals surface area (Å²) >= 11 is 0.245. The molecule has 0 radical (unpaired) electrons. The molecule has 0 aliphatic rings. The fraction of sp³-hybridized carbons (Fsp3) is 0.909. The van der Waals surface area contributed by atoms with Crippen LogP contribution in [0.15, 0.2) is 0 Å². The zero-order valence-electron chi connectivity index (χ0n) is 9.35. The molecule has 0 saturated carbocycles. The van der Waals surface area contributed by atoms with Crippen molar-refractivity contribution in [1.82, 2.24) is 0 Å². The summed E-state index contributed by atoms with van der Waals surface area (Å²) in [5, 5.41) is 0. The first-order valence-corrected chi connectivity index (χ1v) is 9.09. The van der Waals surface area contributed by atoms with E-state index in [1.807, 2.05) is 0 Å². The number of halogens is 1. The van der Waals surface area contributed by atoms with Gasteiger partial charge in [0.15, 0.2) is 0 Å². The van der Waals surface area contributed by atoms with Crippen LogP contribution in [0.3, 0.4) is 0 Å². The molecule has 0 bridgehead atoms. The number of hydrogen-bond donors (Lipinski definition) is 0. The fourth-order valence-electron chi connectivity index (χ4n) is 1.14. The van der Waals surface area contributed by atoms with Crippen LogP contribution in [0.2, 0.25) is 0 Å². The Bertz CT molecular complexity index is 137. The molecule has 0 spiro atoms. The van der Waals surface area contributed by atoms with Crippen LogP contribution in [-0.2, 0) is 9.53 Å². The van der Waals surface area contributed by atoms with Crippen molar-refractivity contribution in [3.63, 3.8) is 0 Å². The van der Waals surface area contributed by atoms with Crippen LogP contribution >= 0.6 is 0 Å². The fourth-order valence-corrected chi connectivity index (χ4v) is 2.12. The molecule has 0 fully saturated rings. The Morgan fingerprint density at radius 2 is 1.93 bits per heavy atom. The Kier molecular flexibility index (Phi) is 11.4. The van der Waals surface area contributed by atoms with Gasteiger partial charge in [0.25, 0.3) is 0 Å². The minimum absolute atomic E-state index is 0.00189. The molecule has 14 heavy (non-hydrogen) atoms. The number of hydrogen-bond acceptors (Lipinski definition) is 2. The molecule has 0 heterocycles. The van der Waals surface area contributed by atoms with E-state index in [-0.39, 0.29) is 27.2 Å². The van der Waals surface area contributed by atoms with E-state index in [9.17, 15) is 4.79 Å². The first kappa shape index (κ1) is 14.2. The topological polar surface area (TPSA) is 26.3 Å². The standard InChI is InChI=1S/C11H22IO2/c1-3-4-5-6-7-10-14-11(13)8-9-12-2/h3-10H2,1-2H3/q-1. The summed E-state index contributed by atoms with van der Waals surface area (Å²) in [4.78, 5) is 13.3. The van der Waals surface area contributed by atoms with Gasteiger partial charge in [0, 0.05) is 0 Å². The van der Waals surface area contributed by atoms with Crippen molar-refractivity contribution in [3.8, 4) is 0 Å². The molecule has 2 nitrogen and oxygen atoms in total. The van der Waals surface area contributed by atoms with Crippen LogP contribution in [0.5, 0.6) is 0 Å². The van der Waals surface area contributed by atoms with Crippen LogP contribution in [-0.4, -0.2) is 21.9 Å². The average Bonchev–Trinajstić information content (AvgIpc) is 2.20. The summed E-state index contributed by atoms with van der Waals surface area (Å²) in [5.74, 6) is 0.00189. The quantitative estimate of drug-likeness (QED) is 0.251. The summed E-state index contributed by atoms with van der Waals surface area (Å²) in [6.45, 7) is 2.83. The Morgan fingerprint density at radius 1 is 1.21 bits per heavy atom. The third-order valence-corrected chi connectivity index (χ3v) is 3.62. The number of carbonyl (C=O) groups excluding carboxylic acids is 1. The molecule has 0 atom stereocenters. The second-order valence-electron chi connectivity index (χ2n) is 3.34. The van der Waals surface area contributed by atoms with Crippen molar-refractivity contribution in [1.29, 1.82) is 0 Å². The van der Waals surface area contributed by atoms with Gasteiger partial charge in [-0.05, 0) is 0 Å². The van der Waals surface area contributed by atoms with Crippen LogP contribution in [0, 0.1) is 0 Å². The van der Waals surface area contributed by atoms with Crippen LogP contribution in [0.25, 0.3) is 0 Å². The van der Waals surface area contributed by atoms with Crippen molar-refractivity contribution in [2.75, 3.05) is 16.0 Å². The Labute approximate surface area is 98.0 Å². The van der Waals surface area contributed by atoms with Crippen molar-refractivity contribution in [2.45, 2.75) is 45.4 Å². The van der Waals surface area contributed by atoms with Gasteiger partial charge in [-0.15, -0.1) is 0 Å². The molecule has 86 valence electrons. The first-order valence-electron chi connectivity index (χ1n) is 5.40. The van der Waals surface area contributed by atoms with Crippen molar-refractivity contribution in [2.24, 2.45) is 0 Å². The number of rotatable bonds is 9. The van der Waals surface area contributed by atoms with E-state index in [1.54, 1.807) is 0 Å². The third kappa shape index (κ3) is 10.3. The first-order chi connectivity index (χ1) is 6.81. The van der Waals surface area contributed by atoms with E-state index in [0.29, 0.717) is 13.0 Å². The summed E-state index contributed by atoms with van der Waals surface area (Å²) in [6.07, 6.45) is 6.70. The predicted octanol–water partition coefficient (Wildman–Crippen LogP) is -0.391. The van der Waals surface area contributed by atoms with Gasteiger partial charge in [0.2, 0.25) is 0 Å². The monoisotopic (exact) mass is 313 g/mol. The number of unbranched alkanes of at least 4 members (excludes halogenated alkanes) is 4. The molecule has 3 heteroatoms. The van der Waals surface area contributed by atoms with Crippen molar-refractivity contribution >= 4 is 5.97 Å². The van der Waals surface area contributed by atoms with Gasteiger partial charge in [-0.2, -0.15) is 0 Å². The maximum atomic E-state index is 11.1. The van der Waals surface area contributed by atoms with Gasteiger partial charge >= 0.3 is 98.1 Å². The maximum absolute atomic E-state index is 11.1. The van der Waals surface area contributed by atoms with E-state index in [1.165, 1.54) is 25.7 Å². The van der Waals surface area contributed by atoms with Crippen LogP contribution in [0.4, 0.5) is 0 Å². The molecule has 0 saturated heterocycles. The molecule has 0 aliphatic carbocycles. The molecule has 0 N–H and O–H groups in total. The molecular weight excluding hydrogens is 291 g/mol. The second-order valence-corrected chi connectivity index (χ2v) is 5.95. The molecule has 0 amide bonds. The minimum atomic E-state index is 0.00189. The molecule has 0 aromatic rings. The molecule has 0 aromatic heterocycles. The normalized spacial score (nSPS) is 10.4.